The molecule has 0 N–H and O–H groups in total. The number of halogens is 1. The van der Waals surface area contributed by atoms with E-state index in [0.29, 0.717) is 22.4 Å². The van der Waals surface area contributed by atoms with Gasteiger partial charge in [0.1, 0.15) is 0 Å². The van der Waals surface area contributed by atoms with Crippen LogP contribution < -0.4 is 0 Å². The van der Waals surface area contributed by atoms with Crippen LogP contribution in [0.25, 0.3) is 11.6 Å². The molecule has 2 aromatic heterocycles. The van der Waals surface area contributed by atoms with Gasteiger partial charge in [0.15, 0.2) is 16.7 Å². The molecule has 0 aromatic carbocycles. The van der Waals surface area contributed by atoms with Crippen LogP contribution in [0, 0.1) is 0 Å². The Morgan fingerprint density at radius 1 is 1.62 bits per heavy atom. The van der Waals surface area contributed by atoms with Gasteiger partial charge in [-0.2, -0.15) is 0 Å². The first kappa shape index (κ1) is 11.3. The minimum absolute atomic E-state index is 0.590. The largest absolute Gasteiger partial charge is 0.461 e. The standard InChI is InChI=1S/C10H10ClN3OS/c1-7(11)6-16-10-13-12-9(14(10)2)8-4-3-5-15-8/h3-5H,1,6H2,2H3. The molecule has 0 bridgehead atoms. The lowest BCUT2D eigenvalue weighted by Crippen LogP contribution is -1.94. The molecule has 0 unspecified atom stereocenters. The number of nitrogens with zero attached hydrogens (tertiary/aromatic N) is 3. The van der Waals surface area contributed by atoms with E-state index in [1.165, 1.54) is 11.8 Å². The van der Waals surface area contributed by atoms with E-state index in [-0.39, 0.29) is 0 Å². The van der Waals surface area contributed by atoms with Gasteiger partial charge in [0.25, 0.3) is 0 Å². The summed E-state index contributed by atoms with van der Waals surface area (Å²) in [6.45, 7) is 3.63. The number of aromatic nitrogens is 3. The molecule has 16 heavy (non-hydrogen) atoms. The van der Waals surface area contributed by atoms with Gasteiger partial charge in [0.05, 0.1) is 6.26 Å². The second-order valence-electron chi connectivity index (χ2n) is 3.15. The fourth-order valence-electron chi connectivity index (χ4n) is 1.20. The molecular formula is C10H10ClN3OS. The van der Waals surface area contributed by atoms with E-state index in [2.05, 4.69) is 16.8 Å². The summed E-state index contributed by atoms with van der Waals surface area (Å²) in [6, 6.07) is 3.66. The molecule has 4 nitrogen and oxygen atoms in total. The summed E-state index contributed by atoms with van der Waals surface area (Å²) < 4.78 is 7.13. The fraction of sp³-hybridized carbons (Fsp3) is 0.200. The molecule has 0 fully saturated rings. The van der Waals surface area contributed by atoms with E-state index in [1.807, 2.05) is 23.7 Å². The predicted molar refractivity (Wildman–Crippen MR) is 64.4 cm³/mol. The molecule has 0 aliphatic rings. The zero-order valence-corrected chi connectivity index (χ0v) is 10.3. The van der Waals surface area contributed by atoms with Gasteiger partial charge >= 0.3 is 0 Å². The van der Waals surface area contributed by atoms with E-state index in [4.69, 9.17) is 16.0 Å². The van der Waals surface area contributed by atoms with Crippen molar-refractivity contribution in [2.75, 3.05) is 5.75 Å². The van der Waals surface area contributed by atoms with Gasteiger partial charge in [0, 0.05) is 17.8 Å². The van der Waals surface area contributed by atoms with Gasteiger partial charge < -0.3 is 8.98 Å². The van der Waals surface area contributed by atoms with Crippen molar-refractivity contribution < 1.29 is 4.42 Å². The first-order chi connectivity index (χ1) is 7.68. The van der Waals surface area contributed by atoms with Crippen LogP contribution >= 0.6 is 23.4 Å². The average molecular weight is 256 g/mol. The van der Waals surface area contributed by atoms with E-state index >= 15 is 0 Å². The van der Waals surface area contributed by atoms with Gasteiger partial charge in [-0.25, -0.2) is 0 Å². The SMILES string of the molecule is C=C(Cl)CSc1nnc(-c2ccco2)n1C. The molecule has 2 heterocycles. The summed E-state index contributed by atoms with van der Waals surface area (Å²) in [5, 5.41) is 9.50. The number of hydrogen-bond donors (Lipinski definition) is 0. The quantitative estimate of drug-likeness (QED) is 0.788. The number of thioether (sulfide) groups is 1. The maximum absolute atomic E-state index is 5.70. The van der Waals surface area contributed by atoms with E-state index in [0.717, 1.165) is 5.16 Å². The Morgan fingerprint density at radius 2 is 2.44 bits per heavy atom. The van der Waals surface area contributed by atoms with Crippen LogP contribution in [-0.4, -0.2) is 20.5 Å². The Morgan fingerprint density at radius 3 is 3.06 bits per heavy atom. The Labute approximate surface area is 102 Å². The van der Waals surface area contributed by atoms with E-state index in [1.54, 1.807) is 6.26 Å². The summed E-state index contributed by atoms with van der Waals surface area (Å²) >= 11 is 7.18. The second-order valence-corrected chi connectivity index (χ2v) is 4.63. The Kier molecular flexibility index (Phi) is 3.36. The zero-order chi connectivity index (χ0) is 11.5. The lowest BCUT2D eigenvalue weighted by atomic mass is 10.4. The lowest BCUT2D eigenvalue weighted by Gasteiger charge is -2.00. The Hall–Kier alpha value is -1.20. The van der Waals surface area contributed by atoms with Gasteiger partial charge in [-0.3, -0.25) is 0 Å². The molecule has 0 saturated carbocycles. The monoisotopic (exact) mass is 255 g/mol. The molecule has 0 aliphatic heterocycles. The Bertz CT molecular complexity index is 492. The molecule has 0 radical (unpaired) electrons. The highest BCUT2D eigenvalue weighted by atomic mass is 35.5. The molecule has 2 rings (SSSR count). The maximum atomic E-state index is 5.70. The third-order valence-corrected chi connectivity index (χ3v) is 3.33. The number of hydrogen-bond acceptors (Lipinski definition) is 4. The van der Waals surface area contributed by atoms with Gasteiger partial charge in [-0.05, 0) is 12.1 Å². The van der Waals surface area contributed by atoms with Crippen molar-refractivity contribution in [1.82, 2.24) is 14.8 Å². The predicted octanol–water partition coefficient (Wildman–Crippen LogP) is 2.92. The maximum Gasteiger partial charge on any atom is 0.200 e. The minimum atomic E-state index is 0.590. The van der Waals surface area contributed by atoms with Gasteiger partial charge in [0.2, 0.25) is 0 Å². The molecule has 0 saturated heterocycles. The van der Waals surface area contributed by atoms with Crippen LogP contribution in [0.15, 0.2) is 39.6 Å². The molecule has 0 amide bonds. The van der Waals surface area contributed by atoms with Crippen LogP contribution in [-0.2, 0) is 7.05 Å². The van der Waals surface area contributed by atoms with Crippen LogP contribution in [0.4, 0.5) is 0 Å². The number of rotatable bonds is 4. The topological polar surface area (TPSA) is 43.9 Å². The lowest BCUT2D eigenvalue weighted by molar-refractivity contribution is 0.572. The normalized spacial score (nSPS) is 10.6. The average Bonchev–Trinajstić information content (AvgIpc) is 2.84. The summed E-state index contributed by atoms with van der Waals surface area (Å²) in [4.78, 5) is 0. The molecule has 6 heteroatoms. The summed E-state index contributed by atoms with van der Waals surface area (Å²) in [6.07, 6.45) is 1.61. The highest BCUT2D eigenvalue weighted by molar-refractivity contribution is 7.99. The molecular weight excluding hydrogens is 246 g/mol. The van der Waals surface area contributed by atoms with Crippen molar-refractivity contribution in [3.05, 3.63) is 30.0 Å². The third kappa shape index (κ3) is 2.31. The molecule has 0 atom stereocenters. The molecule has 0 spiro atoms. The van der Waals surface area contributed by atoms with Crippen LogP contribution in [0.5, 0.6) is 0 Å². The zero-order valence-electron chi connectivity index (χ0n) is 8.68. The molecule has 84 valence electrons. The van der Waals surface area contributed by atoms with Crippen molar-refractivity contribution >= 4 is 23.4 Å². The first-order valence-corrected chi connectivity index (χ1v) is 5.94. The minimum Gasteiger partial charge on any atom is -0.461 e. The first-order valence-electron chi connectivity index (χ1n) is 4.58. The van der Waals surface area contributed by atoms with Crippen molar-refractivity contribution in [2.45, 2.75) is 5.16 Å². The van der Waals surface area contributed by atoms with E-state index < -0.39 is 0 Å². The van der Waals surface area contributed by atoms with Crippen molar-refractivity contribution in [2.24, 2.45) is 7.05 Å². The van der Waals surface area contributed by atoms with Crippen LogP contribution in [0.2, 0.25) is 0 Å². The highest BCUT2D eigenvalue weighted by Crippen LogP contribution is 2.24. The van der Waals surface area contributed by atoms with Gasteiger partial charge in [-0.15, -0.1) is 10.2 Å². The van der Waals surface area contributed by atoms with Crippen molar-refractivity contribution in [3.63, 3.8) is 0 Å². The highest BCUT2D eigenvalue weighted by Gasteiger charge is 2.12. The van der Waals surface area contributed by atoms with E-state index in [9.17, 15) is 0 Å². The van der Waals surface area contributed by atoms with Crippen molar-refractivity contribution in [3.8, 4) is 11.6 Å². The second kappa shape index (κ2) is 4.76. The van der Waals surface area contributed by atoms with Crippen LogP contribution in [0.1, 0.15) is 0 Å². The number of furan rings is 1. The third-order valence-electron chi connectivity index (χ3n) is 1.93. The summed E-state index contributed by atoms with van der Waals surface area (Å²) in [7, 11) is 1.89. The summed E-state index contributed by atoms with van der Waals surface area (Å²) in [5.74, 6) is 2.02. The smallest absolute Gasteiger partial charge is 0.200 e. The fourth-order valence-corrected chi connectivity index (χ4v) is 2.03. The summed E-state index contributed by atoms with van der Waals surface area (Å²) in [5.41, 5.74) is 0. The van der Waals surface area contributed by atoms with Crippen molar-refractivity contribution in [1.29, 1.82) is 0 Å². The Balaban J connectivity index is 2.21. The van der Waals surface area contributed by atoms with Crippen LogP contribution in [0.3, 0.4) is 0 Å². The molecule has 2 aromatic rings. The molecule has 0 aliphatic carbocycles. The van der Waals surface area contributed by atoms with Gasteiger partial charge in [-0.1, -0.05) is 29.9 Å².